The number of rotatable bonds is 1. The number of alkyl halides is 3. The van der Waals surface area contributed by atoms with Crippen LogP contribution in [-0.2, 0) is 6.18 Å². The summed E-state index contributed by atoms with van der Waals surface area (Å²) < 4.78 is 65.1. The minimum atomic E-state index is -4.56. The van der Waals surface area contributed by atoms with Gasteiger partial charge in [0.1, 0.15) is 0 Å². The Hall–Kier alpha value is -2.77. The number of hydrogen-bond acceptors (Lipinski definition) is 2. The fourth-order valence-electron chi connectivity index (χ4n) is 2.22. The third-order valence-corrected chi connectivity index (χ3v) is 3.29. The highest BCUT2D eigenvalue weighted by atomic mass is 19.4. The molecule has 1 N–H and O–H groups in total. The number of aromatic nitrogens is 2. The highest BCUT2D eigenvalue weighted by Crippen LogP contribution is 2.33. The molecule has 0 unspecified atom stereocenters. The minimum Gasteiger partial charge on any atom is -0.267 e. The van der Waals surface area contributed by atoms with E-state index < -0.39 is 28.9 Å². The second kappa shape index (κ2) is 5.15. The number of benzene rings is 2. The second-order valence-electron chi connectivity index (χ2n) is 4.79. The Morgan fingerprint density at radius 1 is 0.957 bits per heavy atom. The summed E-state index contributed by atoms with van der Waals surface area (Å²) in [7, 11) is 0. The van der Waals surface area contributed by atoms with E-state index >= 15 is 0 Å². The fourth-order valence-corrected chi connectivity index (χ4v) is 2.22. The van der Waals surface area contributed by atoms with Gasteiger partial charge >= 0.3 is 6.18 Å². The van der Waals surface area contributed by atoms with Crippen LogP contribution < -0.4 is 5.56 Å². The standard InChI is InChI=1S/C15H7F5N2O/c16-11-5-9-10(6-12(11)17)14(23)22-21-13(9)7-2-1-3-8(4-7)15(18,19)20/h1-6H,(H,22,23). The molecule has 3 rings (SSSR count). The van der Waals surface area contributed by atoms with E-state index in [1.807, 2.05) is 0 Å². The molecule has 3 nitrogen and oxygen atoms in total. The van der Waals surface area contributed by atoms with Crippen molar-refractivity contribution >= 4 is 10.8 Å². The lowest BCUT2D eigenvalue weighted by molar-refractivity contribution is -0.137. The van der Waals surface area contributed by atoms with Gasteiger partial charge in [0.05, 0.1) is 16.6 Å². The molecule has 1 aromatic heterocycles. The number of nitrogens with one attached hydrogen (secondary N) is 1. The van der Waals surface area contributed by atoms with Gasteiger partial charge in [-0.3, -0.25) is 4.79 Å². The SMILES string of the molecule is O=c1[nH]nc(-c2cccc(C(F)(F)F)c2)c2cc(F)c(F)cc12. The number of halogens is 5. The lowest BCUT2D eigenvalue weighted by Crippen LogP contribution is -2.11. The highest BCUT2D eigenvalue weighted by Gasteiger charge is 2.30. The van der Waals surface area contributed by atoms with Crippen LogP contribution in [0.1, 0.15) is 5.56 Å². The van der Waals surface area contributed by atoms with Crippen molar-refractivity contribution in [2.75, 3.05) is 0 Å². The van der Waals surface area contributed by atoms with Crippen molar-refractivity contribution in [2.24, 2.45) is 0 Å². The summed E-state index contributed by atoms with van der Waals surface area (Å²) in [6.07, 6.45) is -4.56. The molecule has 0 bridgehead atoms. The summed E-state index contributed by atoms with van der Waals surface area (Å²) in [6, 6.07) is 5.61. The zero-order valence-electron chi connectivity index (χ0n) is 11.2. The van der Waals surface area contributed by atoms with Crippen LogP contribution in [0.5, 0.6) is 0 Å². The molecule has 118 valence electrons. The lowest BCUT2D eigenvalue weighted by Gasteiger charge is -2.10. The van der Waals surface area contributed by atoms with Crippen molar-refractivity contribution in [1.82, 2.24) is 10.2 Å². The van der Waals surface area contributed by atoms with Crippen molar-refractivity contribution < 1.29 is 22.0 Å². The minimum absolute atomic E-state index is 0.0204. The van der Waals surface area contributed by atoms with Crippen LogP contribution in [0.4, 0.5) is 22.0 Å². The molecule has 0 amide bonds. The molecule has 0 radical (unpaired) electrons. The van der Waals surface area contributed by atoms with Gasteiger partial charge < -0.3 is 0 Å². The average molecular weight is 326 g/mol. The fraction of sp³-hybridized carbons (Fsp3) is 0.0667. The third kappa shape index (κ3) is 2.67. The van der Waals surface area contributed by atoms with Crippen LogP contribution in [0.3, 0.4) is 0 Å². The van der Waals surface area contributed by atoms with Gasteiger partial charge in [0.15, 0.2) is 11.6 Å². The van der Waals surface area contributed by atoms with Crippen LogP contribution >= 0.6 is 0 Å². The molecule has 0 spiro atoms. The first-order valence-corrected chi connectivity index (χ1v) is 6.32. The summed E-state index contributed by atoms with van der Waals surface area (Å²) in [5.74, 6) is -2.46. The highest BCUT2D eigenvalue weighted by molar-refractivity contribution is 5.93. The Bertz CT molecular complexity index is 962. The maximum atomic E-state index is 13.4. The van der Waals surface area contributed by atoms with Crippen LogP contribution in [0.15, 0.2) is 41.2 Å². The molecule has 0 aliphatic carbocycles. The van der Waals surface area contributed by atoms with Crippen LogP contribution in [-0.4, -0.2) is 10.2 Å². The Kier molecular flexibility index (Phi) is 3.39. The molecule has 8 heteroatoms. The molecule has 3 aromatic rings. The molecular formula is C15H7F5N2O. The third-order valence-electron chi connectivity index (χ3n) is 3.29. The largest absolute Gasteiger partial charge is 0.416 e. The Morgan fingerprint density at radius 3 is 2.26 bits per heavy atom. The molecule has 0 saturated carbocycles. The summed E-state index contributed by atoms with van der Waals surface area (Å²) in [5, 5.41) is 5.47. The van der Waals surface area contributed by atoms with E-state index in [4.69, 9.17) is 0 Å². The predicted octanol–water partition coefficient (Wildman–Crippen LogP) is 3.89. The van der Waals surface area contributed by atoms with Crippen molar-refractivity contribution in [3.63, 3.8) is 0 Å². The van der Waals surface area contributed by atoms with E-state index in [2.05, 4.69) is 10.2 Å². The van der Waals surface area contributed by atoms with Crippen molar-refractivity contribution in [1.29, 1.82) is 0 Å². The second-order valence-corrected chi connectivity index (χ2v) is 4.79. The van der Waals surface area contributed by atoms with Gasteiger partial charge in [-0.25, -0.2) is 13.9 Å². The van der Waals surface area contributed by atoms with Gasteiger partial charge in [-0.2, -0.15) is 18.3 Å². The van der Waals surface area contributed by atoms with E-state index in [1.54, 1.807) is 0 Å². The number of fused-ring (bicyclic) bond motifs is 1. The number of H-pyrrole nitrogens is 1. The van der Waals surface area contributed by atoms with Crippen molar-refractivity contribution in [3.05, 3.63) is 63.9 Å². The molecule has 2 aromatic carbocycles. The topological polar surface area (TPSA) is 45.8 Å². The van der Waals surface area contributed by atoms with E-state index in [-0.39, 0.29) is 22.0 Å². The average Bonchev–Trinajstić information content (AvgIpc) is 2.49. The molecule has 0 aliphatic rings. The van der Waals surface area contributed by atoms with Crippen molar-refractivity contribution in [2.45, 2.75) is 6.18 Å². The Labute approximate surface area is 125 Å². The smallest absolute Gasteiger partial charge is 0.267 e. The molecule has 0 aliphatic heterocycles. The first-order chi connectivity index (χ1) is 10.8. The van der Waals surface area contributed by atoms with Gasteiger partial charge in [-0.05, 0) is 24.3 Å². The first kappa shape index (κ1) is 15.1. The molecule has 0 atom stereocenters. The van der Waals surface area contributed by atoms with E-state index in [1.165, 1.54) is 6.07 Å². The molecule has 23 heavy (non-hydrogen) atoms. The summed E-state index contributed by atoms with van der Waals surface area (Å²) in [6.45, 7) is 0. The number of hydrogen-bond donors (Lipinski definition) is 1. The van der Waals surface area contributed by atoms with Gasteiger partial charge in [0.25, 0.3) is 5.56 Å². The summed E-state index contributed by atoms with van der Waals surface area (Å²) in [5.41, 5.74) is -1.75. The zero-order valence-corrected chi connectivity index (χ0v) is 11.2. The van der Waals surface area contributed by atoms with Gasteiger partial charge in [0, 0.05) is 10.9 Å². The van der Waals surface area contributed by atoms with Gasteiger partial charge in [0.2, 0.25) is 0 Å². The monoisotopic (exact) mass is 326 g/mol. The molecule has 0 fully saturated rings. The number of nitrogens with zero attached hydrogens (tertiary/aromatic N) is 1. The quantitative estimate of drug-likeness (QED) is 0.690. The van der Waals surface area contributed by atoms with Gasteiger partial charge in [-0.15, -0.1) is 0 Å². The Balaban J connectivity index is 2.31. The van der Waals surface area contributed by atoms with Crippen LogP contribution in [0, 0.1) is 11.6 Å². The summed E-state index contributed by atoms with van der Waals surface area (Å²) in [4.78, 5) is 11.7. The van der Waals surface area contributed by atoms with Crippen LogP contribution in [0.25, 0.3) is 22.0 Å². The lowest BCUT2D eigenvalue weighted by atomic mass is 10.0. The molecular weight excluding hydrogens is 319 g/mol. The Morgan fingerprint density at radius 2 is 1.61 bits per heavy atom. The van der Waals surface area contributed by atoms with Crippen LogP contribution in [0.2, 0.25) is 0 Å². The van der Waals surface area contributed by atoms with E-state index in [0.29, 0.717) is 6.07 Å². The maximum Gasteiger partial charge on any atom is 0.416 e. The zero-order chi connectivity index (χ0) is 16.8. The normalized spacial score (nSPS) is 11.9. The molecule has 0 saturated heterocycles. The van der Waals surface area contributed by atoms with E-state index in [9.17, 15) is 26.7 Å². The molecule has 1 heterocycles. The number of aromatic amines is 1. The van der Waals surface area contributed by atoms with Gasteiger partial charge in [-0.1, -0.05) is 12.1 Å². The summed E-state index contributed by atoms with van der Waals surface area (Å²) >= 11 is 0. The maximum absolute atomic E-state index is 13.4. The predicted molar refractivity (Wildman–Crippen MR) is 72.7 cm³/mol. The first-order valence-electron chi connectivity index (χ1n) is 6.32. The van der Waals surface area contributed by atoms with E-state index in [0.717, 1.165) is 24.3 Å². The van der Waals surface area contributed by atoms with Crippen molar-refractivity contribution in [3.8, 4) is 11.3 Å².